The van der Waals surface area contributed by atoms with Crippen molar-refractivity contribution in [3.63, 3.8) is 0 Å². The highest BCUT2D eigenvalue weighted by Gasteiger charge is 2.13. The van der Waals surface area contributed by atoms with Crippen molar-refractivity contribution in [2.75, 3.05) is 0 Å². The van der Waals surface area contributed by atoms with E-state index in [0.29, 0.717) is 0 Å². The van der Waals surface area contributed by atoms with E-state index in [9.17, 15) is 0 Å². The molecule has 0 aliphatic carbocycles. The molecule has 0 aliphatic heterocycles. The molecule has 0 saturated carbocycles. The van der Waals surface area contributed by atoms with Gasteiger partial charge >= 0.3 is 0 Å². The largest absolute Gasteiger partial charge is 0.324 e. The van der Waals surface area contributed by atoms with Crippen molar-refractivity contribution in [2.45, 2.75) is 12.5 Å². The predicted molar refractivity (Wildman–Crippen MR) is 92.1 cm³/mol. The van der Waals surface area contributed by atoms with E-state index in [0.717, 1.165) is 31.5 Å². The fraction of sp³-hybridized carbons (Fsp3) is 0.133. The van der Waals surface area contributed by atoms with E-state index in [1.807, 2.05) is 36.4 Å². The van der Waals surface area contributed by atoms with Gasteiger partial charge in [0, 0.05) is 21.4 Å². The van der Waals surface area contributed by atoms with E-state index in [4.69, 9.17) is 5.73 Å². The average molecular weight is 412 g/mol. The van der Waals surface area contributed by atoms with Gasteiger partial charge in [-0.3, -0.25) is 0 Å². The lowest BCUT2D eigenvalue weighted by Crippen LogP contribution is -2.13. The fourth-order valence-corrected chi connectivity index (χ4v) is 4.47. The van der Waals surface area contributed by atoms with Gasteiger partial charge in [-0.25, -0.2) is 4.98 Å². The molecule has 3 rings (SSSR count). The monoisotopic (exact) mass is 410 g/mol. The number of thiazole rings is 1. The number of hydrogen-bond acceptors (Lipinski definition) is 3. The molecule has 1 heterocycles. The molecule has 5 heteroatoms. The van der Waals surface area contributed by atoms with Gasteiger partial charge in [0.15, 0.2) is 0 Å². The van der Waals surface area contributed by atoms with Crippen molar-refractivity contribution in [2.24, 2.45) is 5.73 Å². The highest BCUT2D eigenvalue weighted by atomic mass is 79.9. The number of halogens is 2. The van der Waals surface area contributed by atoms with Crippen LogP contribution in [0.4, 0.5) is 0 Å². The molecule has 1 atom stereocenters. The summed E-state index contributed by atoms with van der Waals surface area (Å²) in [6.45, 7) is 0. The van der Waals surface area contributed by atoms with E-state index in [1.165, 1.54) is 4.70 Å². The maximum absolute atomic E-state index is 6.32. The minimum Gasteiger partial charge on any atom is -0.324 e. The SMILES string of the molecule is NC(Cc1nc2ccccc2s1)c1ccc(Br)cc1Br. The highest BCUT2D eigenvalue weighted by Crippen LogP contribution is 2.30. The lowest BCUT2D eigenvalue weighted by molar-refractivity contribution is 0.715. The summed E-state index contributed by atoms with van der Waals surface area (Å²) in [6.07, 6.45) is 0.750. The van der Waals surface area contributed by atoms with Crippen LogP contribution in [0.1, 0.15) is 16.6 Å². The number of benzene rings is 2. The number of nitrogens with two attached hydrogens (primary N) is 1. The first-order chi connectivity index (χ1) is 9.63. The van der Waals surface area contributed by atoms with E-state index in [2.05, 4.69) is 42.9 Å². The van der Waals surface area contributed by atoms with Crippen LogP contribution in [0.25, 0.3) is 10.2 Å². The van der Waals surface area contributed by atoms with Crippen molar-refractivity contribution in [1.82, 2.24) is 4.98 Å². The first kappa shape index (κ1) is 14.2. The molecule has 0 spiro atoms. The average Bonchev–Trinajstić information content (AvgIpc) is 2.80. The summed E-state index contributed by atoms with van der Waals surface area (Å²) in [6, 6.07) is 14.2. The molecule has 0 fully saturated rings. The number of aromatic nitrogens is 1. The van der Waals surface area contributed by atoms with Crippen molar-refractivity contribution in [3.8, 4) is 0 Å². The van der Waals surface area contributed by atoms with Crippen molar-refractivity contribution in [1.29, 1.82) is 0 Å². The van der Waals surface area contributed by atoms with Gasteiger partial charge in [-0.15, -0.1) is 11.3 Å². The van der Waals surface area contributed by atoms with Crippen molar-refractivity contribution >= 4 is 53.4 Å². The molecule has 3 aromatic rings. The molecular formula is C15H12Br2N2S. The molecule has 2 aromatic carbocycles. The van der Waals surface area contributed by atoms with Crippen molar-refractivity contribution in [3.05, 3.63) is 62.0 Å². The molecule has 2 N–H and O–H groups in total. The summed E-state index contributed by atoms with van der Waals surface area (Å²) in [5.41, 5.74) is 8.48. The van der Waals surface area contributed by atoms with Gasteiger partial charge in [-0.1, -0.05) is 50.1 Å². The Hall–Kier alpha value is -0.750. The number of para-hydroxylation sites is 1. The van der Waals surface area contributed by atoms with Gasteiger partial charge in [0.25, 0.3) is 0 Å². The zero-order valence-corrected chi connectivity index (χ0v) is 14.5. The summed E-state index contributed by atoms with van der Waals surface area (Å²) >= 11 is 8.74. The summed E-state index contributed by atoms with van der Waals surface area (Å²) in [5.74, 6) is 0. The number of rotatable bonds is 3. The molecule has 0 amide bonds. The third kappa shape index (κ3) is 2.96. The molecule has 0 saturated heterocycles. The van der Waals surface area contributed by atoms with Gasteiger partial charge in [0.2, 0.25) is 0 Å². The fourth-order valence-electron chi connectivity index (χ4n) is 2.11. The van der Waals surface area contributed by atoms with E-state index in [-0.39, 0.29) is 6.04 Å². The lowest BCUT2D eigenvalue weighted by Gasteiger charge is -2.12. The first-order valence-electron chi connectivity index (χ1n) is 6.18. The zero-order chi connectivity index (χ0) is 14.1. The Morgan fingerprint density at radius 1 is 1.15 bits per heavy atom. The van der Waals surface area contributed by atoms with Gasteiger partial charge in [-0.05, 0) is 29.8 Å². The Kier molecular flexibility index (Phi) is 4.21. The van der Waals surface area contributed by atoms with Gasteiger partial charge in [0.05, 0.1) is 15.2 Å². The maximum Gasteiger partial charge on any atom is 0.0957 e. The third-order valence-corrected chi connectivity index (χ3v) is 5.33. The van der Waals surface area contributed by atoms with Gasteiger partial charge in [0.1, 0.15) is 0 Å². The molecular weight excluding hydrogens is 400 g/mol. The summed E-state index contributed by atoms with van der Waals surface area (Å²) in [4.78, 5) is 4.64. The Balaban J connectivity index is 1.86. The van der Waals surface area contributed by atoms with Crippen LogP contribution < -0.4 is 5.73 Å². The molecule has 0 bridgehead atoms. The number of hydrogen-bond donors (Lipinski definition) is 1. The molecule has 20 heavy (non-hydrogen) atoms. The second-order valence-corrected chi connectivity index (χ2v) is 7.44. The quantitative estimate of drug-likeness (QED) is 0.653. The first-order valence-corrected chi connectivity index (χ1v) is 8.59. The minimum atomic E-state index is -0.0574. The summed E-state index contributed by atoms with van der Waals surface area (Å²) < 4.78 is 3.28. The third-order valence-electron chi connectivity index (χ3n) is 3.09. The van der Waals surface area contributed by atoms with Gasteiger partial charge in [-0.2, -0.15) is 0 Å². The van der Waals surface area contributed by atoms with Crippen LogP contribution in [-0.4, -0.2) is 4.98 Å². The zero-order valence-electron chi connectivity index (χ0n) is 10.5. The van der Waals surface area contributed by atoms with Crippen LogP contribution in [0.5, 0.6) is 0 Å². The molecule has 0 radical (unpaired) electrons. The topological polar surface area (TPSA) is 38.9 Å². The lowest BCUT2D eigenvalue weighted by atomic mass is 10.1. The normalized spacial score (nSPS) is 12.8. The Morgan fingerprint density at radius 2 is 1.95 bits per heavy atom. The standard InChI is InChI=1S/C15H12Br2N2S/c16-9-5-6-10(11(17)7-9)12(18)8-15-19-13-3-1-2-4-14(13)20-15/h1-7,12H,8,18H2. The van der Waals surface area contributed by atoms with Crippen molar-refractivity contribution < 1.29 is 0 Å². The summed E-state index contributed by atoms with van der Waals surface area (Å²) in [5, 5.41) is 1.08. The minimum absolute atomic E-state index is 0.0574. The molecule has 0 aliphatic rings. The number of nitrogens with zero attached hydrogens (tertiary/aromatic N) is 1. The Labute approximate surface area is 138 Å². The second kappa shape index (κ2) is 5.93. The molecule has 1 unspecified atom stereocenters. The van der Waals surface area contributed by atoms with E-state index < -0.39 is 0 Å². The van der Waals surface area contributed by atoms with Crippen LogP contribution in [0.15, 0.2) is 51.4 Å². The molecule has 102 valence electrons. The molecule has 2 nitrogen and oxygen atoms in total. The Morgan fingerprint density at radius 3 is 2.70 bits per heavy atom. The highest BCUT2D eigenvalue weighted by molar-refractivity contribution is 9.11. The number of fused-ring (bicyclic) bond motifs is 1. The smallest absolute Gasteiger partial charge is 0.0957 e. The maximum atomic E-state index is 6.32. The van der Waals surface area contributed by atoms with Crippen LogP contribution in [0.2, 0.25) is 0 Å². The predicted octanol–water partition coefficient (Wildman–Crippen LogP) is 5.06. The van der Waals surface area contributed by atoms with E-state index in [1.54, 1.807) is 11.3 Å². The van der Waals surface area contributed by atoms with Crippen LogP contribution >= 0.6 is 43.2 Å². The second-order valence-electron chi connectivity index (χ2n) is 4.55. The van der Waals surface area contributed by atoms with Crippen LogP contribution in [-0.2, 0) is 6.42 Å². The Bertz CT molecular complexity index is 721. The van der Waals surface area contributed by atoms with Gasteiger partial charge < -0.3 is 5.73 Å². The summed E-state index contributed by atoms with van der Waals surface area (Å²) in [7, 11) is 0. The van der Waals surface area contributed by atoms with Crippen LogP contribution in [0, 0.1) is 0 Å². The van der Waals surface area contributed by atoms with Crippen LogP contribution in [0.3, 0.4) is 0 Å². The van der Waals surface area contributed by atoms with E-state index >= 15 is 0 Å². The molecule has 1 aromatic heterocycles.